The highest BCUT2D eigenvalue weighted by atomic mass is 32.2. The monoisotopic (exact) mass is 278 g/mol. The van der Waals surface area contributed by atoms with Gasteiger partial charge in [-0.15, -0.1) is 0 Å². The Hall–Kier alpha value is -0.810. The van der Waals surface area contributed by atoms with Gasteiger partial charge in [-0.1, -0.05) is 12.8 Å². The number of thioether (sulfide) groups is 1. The first-order chi connectivity index (χ1) is 9.38. The van der Waals surface area contributed by atoms with E-state index in [9.17, 15) is 0 Å². The van der Waals surface area contributed by atoms with Gasteiger partial charge in [-0.2, -0.15) is 11.8 Å². The molecule has 1 aliphatic carbocycles. The zero-order chi connectivity index (χ0) is 13.1. The molecule has 5 heteroatoms. The zero-order valence-corrected chi connectivity index (χ0v) is 12.1. The first-order valence-electron chi connectivity index (χ1n) is 7.36. The van der Waals surface area contributed by atoms with Crippen molar-refractivity contribution in [3.63, 3.8) is 0 Å². The van der Waals surface area contributed by atoms with Crippen LogP contribution in [0.5, 0.6) is 0 Å². The predicted molar refractivity (Wildman–Crippen MR) is 80.2 cm³/mol. The van der Waals surface area contributed by atoms with Crippen molar-refractivity contribution in [2.75, 3.05) is 11.2 Å². The van der Waals surface area contributed by atoms with Crippen molar-refractivity contribution >= 4 is 17.6 Å². The van der Waals surface area contributed by atoms with Gasteiger partial charge in [0.05, 0.1) is 5.25 Å². The van der Waals surface area contributed by atoms with E-state index < -0.39 is 0 Å². The van der Waals surface area contributed by atoms with Gasteiger partial charge in [0.2, 0.25) is 0 Å². The maximum atomic E-state index is 5.68. The molecule has 0 bridgehead atoms. The Morgan fingerprint density at radius 1 is 1.05 bits per heavy atom. The molecular formula is C14H22N4S. The Labute approximate surface area is 118 Å². The van der Waals surface area contributed by atoms with Crippen LogP contribution in [0.4, 0.5) is 5.82 Å². The van der Waals surface area contributed by atoms with Crippen molar-refractivity contribution < 1.29 is 0 Å². The third-order valence-electron chi connectivity index (χ3n) is 4.05. The number of nitrogens with one attached hydrogen (secondary N) is 1. The highest BCUT2D eigenvalue weighted by Gasteiger charge is 2.23. The van der Waals surface area contributed by atoms with Gasteiger partial charge < -0.3 is 5.43 Å². The van der Waals surface area contributed by atoms with E-state index in [1.807, 2.05) is 11.8 Å². The van der Waals surface area contributed by atoms with Crippen LogP contribution in [0.2, 0.25) is 0 Å². The number of rotatable bonds is 2. The lowest BCUT2D eigenvalue weighted by molar-refractivity contribution is 0.656. The molecule has 0 amide bonds. The Bertz CT molecular complexity index is 443. The second kappa shape index (κ2) is 6.09. The highest BCUT2D eigenvalue weighted by Crippen LogP contribution is 2.38. The van der Waals surface area contributed by atoms with Gasteiger partial charge >= 0.3 is 0 Å². The second-order valence-corrected chi connectivity index (χ2v) is 6.73. The molecular weight excluding hydrogens is 256 g/mol. The van der Waals surface area contributed by atoms with Gasteiger partial charge in [-0.25, -0.2) is 15.8 Å². The maximum absolute atomic E-state index is 5.68. The Morgan fingerprint density at radius 3 is 2.74 bits per heavy atom. The molecule has 1 saturated heterocycles. The number of aryl methyl sites for hydroxylation is 1. The number of anilines is 1. The molecule has 4 nitrogen and oxygen atoms in total. The predicted octanol–water partition coefficient (Wildman–Crippen LogP) is 2.99. The van der Waals surface area contributed by atoms with E-state index in [0.29, 0.717) is 5.25 Å². The van der Waals surface area contributed by atoms with Gasteiger partial charge in [0.15, 0.2) is 0 Å². The van der Waals surface area contributed by atoms with Crippen LogP contribution in [0, 0.1) is 0 Å². The van der Waals surface area contributed by atoms with E-state index in [4.69, 9.17) is 15.8 Å². The molecule has 1 atom stereocenters. The number of nitrogens with zero attached hydrogens (tertiary/aromatic N) is 2. The largest absolute Gasteiger partial charge is 0.308 e. The normalized spacial score (nSPS) is 23.5. The molecule has 1 unspecified atom stereocenters. The lowest BCUT2D eigenvalue weighted by Gasteiger charge is -2.22. The summed E-state index contributed by atoms with van der Waals surface area (Å²) in [5.74, 6) is 8.78. The quantitative estimate of drug-likeness (QED) is 0.494. The average molecular weight is 278 g/mol. The van der Waals surface area contributed by atoms with Crippen molar-refractivity contribution in [3.05, 3.63) is 17.1 Å². The molecule has 2 heterocycles. The summed E-state index contributed by atoms with van der Waals surface area (Å²) < 4.78 is 0. The fourth-order valence-electron chi connectivity index (χ4n) is 3.00. The summed E-state index contributed by atoms with van der Waals surface area (Å²) in [4.78, 5) is 9.58. The summed E-state index contributed by atoms with van der Waals surface area (Å²) in [6.45, 7) is 0. The molecule has 0 spiro atoms. The molecule has 3 rings (SSSR count). The van der Waals surface area contributed by atoms with Crippen LogP contribution in [-0.4, -0.2) is 15.7 Å². The summed E-state index contributed by atoms with van der Waals surface area (Å²) in [5.41, 5.74) is 5.29. The van der Waals surface area contributed by atoms with Crippen LogP contribution in [0.3, 0.4) is 0 Å². The van der Waals surface area contributed by atoms with Crippen molar-refractivity contribution in [2.24, 2.45) is 5.84 Å². The minimum Gasteiger partial charge on any atom is -0.308 e. The number of nitrogens with two attached hydrogens (primary N) is 1. The van der Waals surface area contributed by atoms with E-state index >= 15 is 0 Å². The molecule has 104 valence electrons. The van der Waals surface area contributed by atoms with Gasteiger partial charge in [-0.3, -0.25) is 0 Å². The molecule has 1 aliphatic heterocycles. The molecule has 0 radical (unpaired) electrons. The smallest absolute Gasteiger partial charge is 0.147 e. The highest BCUT2D eigenvalue weighted by molar-refractivity contribution is 7.99. The molecule has 1 fully saturated rings. The van der Waals surface area contributed by atoms with E-state index in [1.54, 1.807) is 0 Å². The van der Waals surface area contributed by atoms with Crippen molar-refractivity contribution in [2.45, 2.75) is 56.6 Å². The van der Waals surface area contributed by atoms with E-state index in [1.165, 1.54) is 55.5 Å². The minimum absolute atomic E-state index is 0.467. The number of hydrogen-bond acceptors (Lipinski definition) is 5. The van der Waals surface area contributed by atoms with E-state index in [-0.39, 0.29) is 0 Å². The Kier molecular flexibility index (Phi) is 4.23. The number of hydrazine groups is 1. The molecule has 0 saturated carbocycles. The van der Waals surface area contributed by atoms with Crippen LogP contribution >= 0.6 is 11.8 Å². The number of nitrogen functional groups attached to an aromatic ring is 1. The van der Waals surface area contributed by atoms with Crippen LogP contribution < -0.4 is 11.3 Å². The van der Waals surface area contributed by atoms with Gasteiger partial charge in [0.25, 0.3) is 0 Å². The number of hydrogen-bond donors (Lipinski definition) is 2. The molecule has 19 heavy (non-hydrogen) atoms. The van der Waals surface area contributed by atoms with Crippen molar-refractivity contribution in [1.29, 1.82) is 0 Å². The van der Waals surface area contributed by atoms with Crippen LogP contribution in [0.15, 0.2) is 0 Å². The second-order valence-electron chi connectivity index (χ2n) is 5.42. The Balaban J connectivity index is 1.94. The number of aromatic nitrogens is 2. The molecule has 3 N–H and O–H groups in total. The third kappa shape index (κ3) is 2.87. The van der Waals surface area contributed by atoms with Gasteiger partial charge in [0, 0.05) is 11.3 Å². The SMILES string of the molecule is NNc1nc(C2CCCCS2)nc2c1CCCCC2. The summed E-state index contributed by atoms with van der Waals surface area (Å²) >= 11 is 2.00. The van der Waals surface area contributed by atoms with Crippen molar-refractivity contribution in [1.82, 2.24) is 9.97 Å². The third-order valence-corrected chi connectivity index (χ3v) is 5.43. The zero-order valence-electron chi connectivity index (χ0n) is 11.3. The maximum Gasteiger partial charge on any atom is 0.147 e. The van der Waals surface area contributed by atoms with Crippen LogP contribution in [0.25, 0.3) is 0 Å². The lowest BCUT2D eigenvalue weighted by Crippen LogP contribution is -2.17. The van der Waals surface area contributed by atoms with E-state index in [0.717, 1.165) is 24.5 Å². The minimum atomic E-state index is 0.467. The molecule has 2 aliphatic rings. The first-order valence-corrected chi connectivity index (χ1v) is 8.41. The fraction of sp³-hybridized carbons (Fsp3) is 0.714. The summed E-state index contributed by atoms with van der Waals surface area (Å²) in [7, 11) is 0. The topological polar surface area (TPSA) is 63.8 Å². The van der Waals surface area contributed by atoms with Crippen LogP contribution in [-0.2, 0) is 12.8 Å². The Morgan fingerprint density at radius 2 is 1.95 bits per heavy atom. The summed E-state index contributed by atoms with van der Waals surface area (Å²) in [6, 6.07) is 0. The number of fused-ring (bicyclic) bond motifs is 1. The summed E-state index contributed by atoms with van der Waals surface area (Å²) in [6.07, 6.45) is 9.72. The standard InChI is InChI=1S/C14H22N4S/c15-18-13-10-6-2-1-3-7-11(10)16-14(17-13)12-8-4-5-9-19-12/h12H,1-9,15H2,(H,16,17,18). The first kappa shape index (κ1) is 13.2. The van der Waals surface area contributed by atoms with Crippen molar-refractivity contribution in [3.8, 4) is 0 Å². The molecule has 1 aromatic rings. The lowest BCUT2D eigenvalue weighted by atomic mass is 10.1. The van der Waals surface area contributed by atoms with Gasteiger partial charge in [-0.05, 0) is 44.3 Å². The fourth-order valence-corrected chi connectivity index (χ4v) is 4.24. The van der Waals surface area contributed by atoms with Gasteiger partial charge in [0.1, 0.15) is 11.6 Å². The van der Waals surface area contributed by atoms with E-state index in [2.05, 4.69) is 5.43 Å². The molecule has 1 aromatic heterocycles. The summed E-state index contributed by atoms with van der Waals surface area (Å²) in [5, 5.41) is 0.467. The van der Waals surface area contributed by atoms with Crippen LogP contribution in [0.1, 0.15) is 60.9 Å². The molecule has 0 aromatic carbocycles. The average Bonchev–Trinajstić information content (AvgIpc) is 2.72.